The zero-order valence-electron chi connectivity index (χ0n) is 21.6. The number of benzene rings is 3. The molecule has 2 aliphatic heterocycles. The van der Waals surface area contributed by atoms with E-state index in [4.69, 9.17) is 25.8 Å². The molecule has 1 saturated heterocycles. The summed E-state index contributed by atoms with van der Waals surface area (Å²) in [4.78, 5) is 28.3. The number of hydrogen-bond acceptors (Lipinski definition) is 10. The fraction of sp³-hybridized carbons (Fsp3) is 0.172. The fourth-order valence-electron chi connectivity index (χ4n) is 4.56. The Morgan fingerprint density at radius 3 is 2.51 bits per heavy atom. The van der Waals surface area contributed by atoms with Crippen LogP contribution < -0.4 is 19.1 Å². The molecule has 1 atom stereocenters. The van der Waals surface area contributed by atoms with Crippen molar-refractivity contribution in [2.45, 2.75) is 16.1 Å². The molecule has 0 bridgehead atoms. The quantitative estimate of drug-likeness (QED) is 0.0903. The summed E-state index contributed by atoms with van der Waals surface area (Å²) < 4.78 is 17.1. The molecule has 3 aromatic carbocycles. The van der Waals surface area contributed by atoms with Crippen LogP contribution in [0.25, 0.3) is 5.76 Å². The van der Waals surface area contributed by atoms with Crippen molar-refractivity contribution < 1.29 is 28.9 Å². The van der Waals surface area contributed by atoms with Gasteiger partial charge in [-0.2, -0.15) is 0 Å². The molecule has 1 fully saturated rings. The maximum Gasteiger partial charge on any atom is 0.301 e. The van der Waals surface area contributed by atoms with E-state index < -0.39 is 17.7 Å². The largest absolute Gasteiger partial charge is 0.507 e. The number of methoxy groups -OCH3 is 1. The van der Waals surface area contributed by atoms with Crippen molar-refractivity contribution in [3.8, 4) is 17.2 Å². The van der Waals surface area contributed by atoms with Crippen molar-refractivity contribution in [2.75, 3.05) is 25.2 Å². The minimum atomic E-state index is -0.948. The zero-order chi connectivity index (χ0) is 28.5. The lowest BCUT2D eigenvalue weighted by molar-refractivity contribution is -0.132. The number of aliphatic hydroxyl groups excluding tert-OH is 1. The van der Waals surface area contributed by atoms with Crippen LogP contribution in [0.15, 0.2) is 76.6 Å². The van der Waals surface area contributed by atoms with E-state index in [1.54, 1.807) is 49.6 Å². The average Bonchev–Trinajstić information content (AvgIpc) is 3.58. The number of nitrogens with zero attached hydrogens (tertiary/aromatic N) is 3. The second-order valence-corrected chi connectivity index (χ2v) is 11.7. The third-order valence-corrected chi connectivity index (χ3v) is 8.95. The summed E-state index contributed by atoms with van der Waals surface area (Å²) in [6, 6.07) is 18.4. The molecule has 1 aromatic heterocycles. The number of carbonyl (C=O) groups excluding carboxylic acids is 2. The molecule has 3 heterocycles. The number of ether oxygens (including phenoxy) is 3. The van der Waals surface area contributed by atoms with E-state index in [1.807, 2.05) is 24.3 Å². The van der Waals surface area contributed by atoms with E-state index in [-0.39, 0.29) is 16.5 Å². The van der Waals surface area contributed by atoms with Gasteiger partial charge in [0, 0.05) is 16.3 Å². The molecule has 1 N–H and O–H groups in total. The Morgan fingerprint density at radius 2 is 1.78 bits per heavy atom. The highest BCUT2D eigenvalue weighted by molar-refractivity contribution is 8.00. The molecular formula is C29H22ClN3O6S2. The second-order valence-electron chi connectivity index (χ2n) is 9.07. The Labute approximate surface area is 248 Å². The predicted molar refractivity (Wildman–Crippen MR) is 156 cm³/mol. The van der Waals surface area contributed by atoms with Crippen LogP contribution in [0.1, 0.15) is 22.7 Å². The number of rotatable bonds is 7. The van der Waals surface area contributed by atoms with Gasteiger partial charge in [-0.15, -0.1) is 10.2 Å². The number of aromatic nitrogens is 2. The van der Waals surface area contributed by atoms with Crippen LogP contribution >= 0.6 is 34.7 Å². The number of fused-ring (bicyclic) bond motifs is 1. The first kappa shape index (κ1) is 27.1. The van der Waals surface area contributed by atoms with Gasteiger partial charge in [-0.25, -0.2) is 0 Å². The lowest BCUT2D eigenvalue weighted by Crippen LogP contribution is -2.29. The summed E-state index contributed by atoms with van der Waals surface area (Å²) in [5.74, 6) is 0.245. The van der Waals surface area contributed by atoms with Gasteiger partial charge in [0.05, 0.1) is 18.7 Å². The number of carbonyl (C=O) groups is 2. The standard InChI is InChI=1S/C29H22ClN3O6S2/c1-37-20-9-4-17(5-10-20)24-23(25(34)18-6-11-21-22(14-18)39-13-12-38-21)26(35)27(36)33(24)28-31-32-29(41-28)40-15-16-2-7-19(30)8-3-16/h2-11,14,24,34H,12-13,15H2,1H3/b25-23+/t24-/m1/s1. The molecule has 0 unspecified atom stereocenters. The second kappa shape index (κ2) is 11.4. The number of ketones is 1. The molecule has 1 amide bonds. The molecule has 41 heavy (non-hydrogen) atoms. The highest BCUT2D eigenvalue weighted by Crippen LogP contribution is 2.45. The number of hydrogen-bond donors (Lipinski definition) is 1. The lowest BCUT2D eigenvalue weighted by atomic mass is 9.95. The third-order valence-electron chi connectivity index (χ3n) is 6.57. The highest BCUT2D eigenvalue weighted by Gasteiger charge is 2.48. The van der Waals surface area contributed by atoms with Gasteiger partial charge in [0.2, 0.25) is 5.13 Å². The minimum Gasteiger partial charge on any atom is -0.507 e. The first-order valence-corrected chi connectivity index (χ1v) is 14.7. The number of amides is 1. The number of thioether (sulfide) groups is 1. The molecule has 0 radical (unpaired) electrons. The van der Waals surface area contributed by atoms with Crippen molar-refractivity contribution in [3.05, 3.63) is 94.0 Å². The molecule has 0 spiro atoms. The third kappa shape index (κ3) is 5.35. The maximum atomic E-state index is 13.5. The SMILES string of the molecule is COc1ccc([C@@H]2/C(=C(\O)c3ccc4c(c3)OCCO4)C(=O)C(=O)N2c2nnc(SCc3ccc(Cl)cc3)s2)cc1. The van der Waals surface area contributed by atoms with Crippen LogP contribution in [0, 0.1) is 0 Å². The van der Waals surface area contributed by atoms with Gasteiger partial charge in [-0.1, -0.05) is 59.0 Å². The van der Waals surface area contributed by atoms with E-state index >= 15 is 0 Å². The summed E-state index contributed by atoms with van der Waals surface area (Å²) >= 11 is 8.63. The Hall–Kier alpha value is -4.06. The molecule has 0 saturated carbocycles. The Balaban J connectivity index is 1.38. The van der Waals surface area contributed by atoms with Gasteiger partial charge in [0.15, 0.2) is 15.8 Å². The van der Waals surface area contributed by atoms with Gasteiger partial charge in [-0.05, 0) is 53.6 Å². The summed E-state index contributed by atoms with van der Waals surface area (Å²) in [6.45, 7) is 0.783. The predicted octanol–water partition coefficient (Wildman–Crippen LogP) is 5.89. The Morgan fingerprint density at radius 1 is 1.05 bits per heavy atom. The number of aliphatic hydroxyl groups is 1. The van der Waals surface area contributed by atoms with Crippen LogP contribution in [-0.4, -0.2) is 47.3 Å². The van der Waals surface area contributed by atoms with Crippen LogP contribution in [-0.2, 0) is 15.3 Å². The molecule has 2 aliphatic rings. The number of Topliss-reactive ketones (excluding diaryl/α,β-unsaturated/α-hetero) is 1. The zero-order valence-corrected chi connectivity index (χ0v) is 24.0. The fourth-order valence-corrected chi connectivity index (χ4v) is 6.51. The first-order chi connectivity index (χ1) is 19.9. The van der Waals surface area contributed by atoms with E-state index in [9.17, 15) is 14.7 Å². The summed E-state index contributed by atoms with van der Waals surface area (Å²) in [6.07, 6.45) is 0. The van der Waals surface area contributed by atoms with Crippen LogP contribution in [0.4, 0.5) is 5.13 Å². The van der Waals surface area contributed by atoms with Crippen molar-refractivity contribution in [2.24, 2.45) is 0 Å². The number of halogens is 1. The summed E-state index contributed by atoms with van der Waals surface area (Å²) in [5.41, 5.74) is 1.90. The van der Waals surface area contributed by atoms with E-state index in [1.165, 1.54) is 28.0 Å². The lowest BCUT2D eigenvalue weighted by Gasteiger charge is -2.23. The molecule has 6 rings (SSSR count). The summed E-state index contributed by atoms with van der Waals surface area (Å²) in [7, 11) is 1.55. The van der Waals surface area contributed by atoms with E-state index in [0.29, 0.717) is 56.7 Å². The number of anilines is 1. The molecular weight excluding hydrogens is 586 g/mol. The van der Waals surface area contributed by atoms with Crippen molar-refractivity contribution in [3.63, 3.8) is 0 Å². The van der Waals surface area contributed by atoms with Crippen LogP contribution in [0.5, 0.6) is 17.2 Å². The van der Waals surface area contributed by atoms with E-state index in [2.05, 4.69) is 10.2 Å². The maximum absolute atomic E-state index is 13.5. The smallest absolute Gasteiger partial charge is 0.301 e. The van der Waals surface area contributed by atoms with Crippen LogP contribution in [0.3, 0.4) is 0 Å². The van der Waals surface area contributed by atoms with Gasteiger partial charge in [0.1, 0.15) is 24.7 Å². The van der Waals surface area contributed by atoms with Gasteiger partial charge < -0.3 is 19.3 Å². The molecule has 208 valence electrons. The molecule has 9 nitrogen and oxygen atoms in total. The van der Waals surface area contributed by atoms with Gasteiger partial charge in [-0.3, -0.25) is 14.5 Å². The Kier molecular flexibility index (Phi) is 7.57. The van der Waals surface area contributed by atoms with Crippen molar-refractivity contribution >= 4 is 57.3 Å². The molecule has 12 heteroatoms. The van der Waals surface area contributed by atoms with Gasteiger partial charge >= 0.3 is 5.91 Å². The molecule has 4 aromatic rings. The Bertz CT molecular complexity index is 1660. The molecule has 0 aliphatic carbocycles. The van der Waals surface area contributed by atoms with Gasteiger partial charge in [0.25, 0.3) is 5.78 Å². The van der Waals surface area contributed by atoms with Crippen LogP contribution in [0.2, 0.25) is 5.02 Å². The summed E-state index contributed by atoms with van der Waals surface area (Å²) in [5, 5.41) is 20.9. The monoisotopic (exact) mass is 607 g/mol. The first-order valence-electron chi connectivity index (χ1n) is 12.5. The van der Waals surface area contributed by atoms with Crippen molar-refractivity contribution in [1.82, 2.24) is 10.2 Å². The highest BCUT2D eigenvalue weighted by atomic mass is 35.5. The minimum absolute atomic E-state index is 0.0672. The average molecular weight is 608 g/mol. The van der Waals surface area contributed by atoms with Crippen molar-refractivity contribution in [1.29, 1.82) is 0 Å². The topological polar surface area (TPSA) is 111 Å². The normalized spacial score (nSPS) is 17.6. The van der Waals surface area contributed by atoms with E-state index in [0.717, 1.165) is 5.56 Å².